The van der Waals surface area contributed by atoms with Crippen molar-refractivity contribution in [2.75, 3.05) is 11.4 Å². The Balaban J connectivity index is 2.01. The second-order valence-electron chi connectivity index (χ2n) is 7.22. The van der Waals surface area contributed by atoms with Gasteiger partial charge in [-0.05, 0) is 35.1 Å². The number of carbonyl (C=O) groups is 1. The van der Waals surface area contributed by atoms with Gasteiger partial charge in [-0.3, -0.25) is 9.88 Å². The van der Waals surface area contributed by atoms with Crippen LogP contribution in [0.25, 0.3) is 0 Å². The molecule has 1 amide bonds. The van der Waals surface area contributed by atoms with Gasteiger partial charge >= 0.3 is 6.09 Å². The van der Waals surface area contributed by atoms with Gasteiger partial charge in [0.05, 0.1) is 11.9 Å². The summed E-state index contributed by atoms with van der Waals surface area (Å²) in [7, 11) is 0. The highest BCUT2D eigenvalue weighted by Gasteiger charge is 2.17. The van der Waals surface area contributed by atoms with E-state index in [9.17, 15) is 4.79 Å². The molecule has 4 nitrogen and oxygen atoms in total. The van der Waals surface area contributed by atoms with E-state index in [-0.39, 0.29) is 18.1 Å². The Morgan fingerprint density at radius 1 is 1.16 bits per heavy atom. The van der Waals surface area contributed by atoms with Gasteiger partial charge in [0.15, 0.2) is 0 Å². The van der Waals surface area contributed by atoms with Crippen LogP contribution in [0.15, 0.2) is 48.8 Å². The van der Waals surface area contributed by atoms with Crippen LogP contribution < -0.4 is 4.90 Å². The van der Waals surface area contributed by atoms with E-state index in [0.29, 0.717) is 6.54 Å². The second kappa shape index (κ2) is 8.65. The number of nitrogens with zero attached hydrogens (tertiary/aromatic N) is 2. The minimum atomic E-state index is -0.332. The number of carbonyl (C=O) groups excluding carboxylic acids is 1. The van der Waals surface area contributed by atoms with Gasteiger partial charge in [-0.15, -0.1) is 0 Å². The third-order valence-electron chi connectivity index (χ3n) is 4.10. The normalized spacial score (nSPS) is 11.2. The number of aromatic nitrogens is 1. The molecule has 0 N–H and O–H groups in total. The summed E-state index contributed by atoms with van der Waals surface area (Å²) in [5.74, 6) is 0. The van der Waals surface area contributed by atoms with Gasteiger partial charge in [-0.1, -0.05) is 58.4 Å². The maximum atomic E-state index is 12.5. The summed E-state index contributed by atoms with van der Waals surface area (Å²) in [6.45, 7) is 9.55. The summed E-state index contributed by atoms with van der Waals surface area (Å²) < 4.78 is 5.53. The van der Waals surface area contributed by atoms with Crippen LogP contribution in [-0.2, 0) is 16.8 Å². The predicted molar refractivity (Wildman–Crippen MR) is 102 cm³/mol. The summed E-state index contributed by atoms with van der Waals surface area (Å²) in [6, 6.07) is 11.9. The van der Waals surface area contributed by atoms with Crippen LogP contribution in [0.1, 0.15) is 51.7 Å². The number of rotatable bonds is 6. The number of unbranched alkanes of at least 4 members (excludes halogenated alkanes) is 1. The molecule has 0 aliphatic rings. The van der Waals surface area contributed by atoms with Crippen LogP contribution in [0, 0.1) is 0 Å². The molecule has 0 aliphatic carbocycles. The molecule has 0 fully saturated rings. The van der Waals surface area contributed by atoms with Crippen molar-refractivity contribution < 1.29 is 9.53 Å². The van der Waals surface area contributed by atoms with Gasteiger partial charge in [-0.2, -0.15) is 0 Å². The lowest BCUT2D eigenvalue weighted by Crippen LogP contribution is -2.32. The van der Waals surface area contributed by atoms with E-state index in [1.54, 1.807) is 17.3 Å². The second-order valence-corrected chi connectivity index (χ2v) is 7.22. The molecular formula is C21H28N2O2. The van der Waals surface area contributed by atoms with Crippen molar-refractivity contribution in [1.82, 2.24) is 4.98 Å². The number of anilines is 1. The third kappa shape index (κ3) is 5.59. The molecule has 1 aromatic heterocycles. The number of hydrogen-bond acceptors (Lipinski definition) is 3. The number of amides is 1. The molecule has 0 radical (unpaired) electrons. The Morgan fingerprint density at radius 2 is 1.88 bits per heavy atom. The molecule has 2 aromatic rings. The van der Waals surface area contributed by atoms with Crippen LogP contribution in [0.4, 0.5) is 10.5 Å². The fourth-order valence-electron chi connectivity index (χ4n) is 2.48. The van der Waals surface area contributed by atoms with E-state index in [0.717, 1.165) is 24.1 Å². The molecule has 1 heterocycles. The molecule has 0 spiro atoms. The fourth-order valence-corrected chi connectivity index (χ4v) is 2.48. The lowest BCUT2D eigenvalue weighted by molar-refractivity contribution is 0.147. The third-order valence-corrected chi connectivity index (χ3v) is 4.10. The average Bonchev–Trinajstić information content (AvgIpc) is 2.61. The van der Waals surface area contributed by atoms with Gasteiger partial charge in [-0.25, -0.2) is 4.79 Å². The van der Waals surface area contributed by atoms with Gasteiger partial charge < -0.3 is 4.74 Å². The molecule has 4 heteroatoms. The molecule has 0 saturated carbocycles. The largest absolute Gasteiger partial charge is 0.444 e. The summed E-state index contributed by atoms with van der Waals surface area (Å²) in [4.78, 5) is 18.3. The zero-order valence-corrected chi connectivity index (χ0v) is 15.7. The molecule has 0 saturated heterocycles. The highest BCUT2D eigenvalue weighted by Crippen LogP contribution is 2.22. The molecule has 134 valence electrons. The molecule has 1 aromatic carbocycles. The fraction of sp³-hybridized carbons (Fsp3) is 0.429. The molecule has 25 heavy (non-hydrogen) atoms. The smallest absolute Gasteiger partial charge is 0.414 e. The molecule has 0 bridgehead atoms. The molecule has 0 aliphatic heterocycles. The Bertz CT molecular complexity index is 661. The first kappa shape index (κ1) is 19.0. The Morgan fingerprint density at radius 3 is 2.44 bits per heavy atom. The zero-order valence-electron chi connectivity index (χ0n) is 15.7. The van der Waals surface area contributed by atoms with E-state index in [1.165, 1.54) is 5.56 Å². The quantitative estimate of drug-likeness (QED) is 0.714. The molecule has 2 rings (SSSR count). The topological polar surface area (TPSA) is 42.4 Å². The molecular weight excluding hydrogens is 312 g/mol. The predicted octanol–water partition coefficient (Wildman–Crippen LogP) is 5.32. The monoisotopic (exact) mass is 340 g/mol. The Hall–Kier alpha value is -2.36. The molecule has 0 unspecified atom stereocenters. The first-order valence-electron chi connectivity index (χ1n) is 8.85. The summed E-state index contributed by atoms with van der Waals surface area (Å²) in [5.41, 5.74) is 3.14. The Labute approximate surface area is 150 Å². The van der Waals surface area contributed by atoms with E-state index in [2.05, 4.69) is 44.8 Å². The van der Waals surface area contributed by atoms with Crippen molar-refractivity contribution in [1.29, 1.82) is 0 Å². The highest BCUT2D eigenvalue weighted by molar-refractivity contribution is 5.87. The van der Waals surface area contributed by atoms with Crippen molar-refractivity contribution in [3.8, 4) is 0 Å². The van der Waals surface area contributed by atoms with Crippen molar-refractivity contribution >= 4 is 11.8 Å². The Kier molecular flexibility index (Phi) is 6.57. The lowest BCUT2D eigenvalue weighted by atomic mass is 9.87. The van der Waals surface area contributed by atoms with Crippen molar-refractivity contribution in [2.24, 2.45) is 0 Å². The average molecular weight is 340 g/mol. The van der Waals surface area contributed by atoms with Crippen LogP contribution in [0.2, 0.25) is 0 Å². The summed E-state index contributed by atoms with van der Waals surface area (Å²) >= 11 is 0. The number of benzene rings is 1. The standard InChI is InChI=1S/C21H28N2O2/c1-5-6-14-23(19-8-7-13-22-15-19)20(24)25-16-17-9-11-18(12-10-17)21(2,3)4/h7-13,15H,5-6,14,16H2,1-4H3. The van der Waals surface area contributed by atoms with Crippen LogP contribution >= 0.6 is 0 Å². The maximum absolute atomic E-state index is 12.5. The van der Waals surface area contributed by atoms with Crippen molar-refractivity contribution in [2.45, 2.75) is 52.6 Å². The van der Waals surface area contributed by atoms with Gasteiger partial charge in [0.2, 0.25) is 0 Å². The first-order valence-corrected chi connectivity index (χ1v) is 8.85. The van der Waals surface area contributed by atoms with E-state index >= 15 is 0 Å². The van der Waals surface area contributed by atoms with Crippen molar-refractivity contribution in [3.63, 3.8) is 0 Å². The summed E-state index contributed by atoms with van der Waals surface area (Å²) in [5, 5.41) is 0. The van der Waals surface area contributed by atoms with Gasteiger partial charge in [0.25, 0.3) is 0 Å². The molecule has 0 atom stereocenters. The van der Waals surface area contributed by atoms with Crippen LogP contribution in [-0.4, -0.2) is 17.6 Å². The number of hydrogen-bond donors (Lipinski definition) is 0. The van der Waals surface area contributed by atoms with E-state index in [1.807, 2.05) is 24.3 Å². The first-order chi connectivity index (χ1) is 11.9. The van der Waals surface area contributed by atoms with Crippen molar-refractivity contribution in [3.05, 3.63) is 59.9 Å². The minimum Gasteiger partial charge on any atom is -0.444 e. The zero-order chi connectivity index (χ0) is 18.3. The van der Waals surface area contributed by atoms with Gasteiger partial charge in [0, 0.05) is 12.7 Å². The lowest BCUT2D eigenvalue weighted by Gasteiger charge is -2.22. The SMILES string of the molecule is CCCCN(C(=O)OCc1ccc(C(C)(C)C)cc1)c1cccnc1. The highest BCUT2D eigenvalue weighted by atomic mass is 16.6. The van der Waals surface area contributed by atoms with E-state index in [4.69, 9.17) is 4.74 Å². The number of pyridine rings is 1. The van der Waals surface area contributed by atoms with Crippen LogP contribution in [0.3, 0.4) is 0 Å². The summed E-state index contributed by atoms with van der Waals surface area (Å²) in [6.07, 6.45) is 4.99. The number of ether oxygens (including phenoxy) is 1. The van der Waals surface area contributed by atoms with Gasteiger partial charge in [0.1, 0.15) is 6.61 Å². The van der Waals surface area contributed by atoms with Crippen LogP contribution in [0.5, 0.6) is 0 Å². The minimum absolute atomic E-state index is 0.118. The van der Waals surface area contributed by atoms with E-state index < -0.39 is 0 Å². The maximum Gasteiger partial charge on any atom is 0.414 e.